The average Bonchev–Trinajstić information content (AvgIpc) is 3.01. The molecule has 4 aromatic rings. The van der Waals surface area contributed by atoms with Gasteiger partial charge < -0.3 is 9.64 Å². The summed E-state index contributed by atoms with van der Waals surface area (Å²) >= 11 is 6.05. The minimum atomic E-state index is -3.86. The minimum absolute atomic E-state index is 0.0384. The van der Waals surface area contributed by atoms with Crippen molar-refractivity contribution in [2.75, 3.05) is 24.0 Å². The molecule has 1 heterocycles. The molecule has 6 nitrogen and oxygen atoms in total. The molecule has 1 saturated heterocycles. The smallest absolute Gasteiger partial charge is 0.264 e. The normalized spacial score (nSPS) is 14.0. The third-order valence-corrected chi connectivity index (χ3v) is 9.71. The van der Waals surface area contributed by atoms with E-state index in [1.54, 1.807) is 60.7 Å². The van der Waals surface area contributed by atoms with E-state index in [0.717, 1.165) is 43.5 Å². The second-order valence-electron chi connectivity index (χ2n) is 10.7. The number of benzene rings is 4. The molecule has 42 heavy (non-hydrogen) atoms. The fourth-order valence-corrected chi connectivity index (χ4v) is 6.77. The number of hydrogen-bond acceptors (Lipinski definition) is 4. The number of amides is 1. The lowest BCUT2D eigenvalue weighted by Gasteiger charge is -2.32. The summed E-state index contributed by atoms with van der Waals surface area (Å²) in [6, 6.07) is 31.2. The zero-order valence-electron chi connectivity index (χ0n) is 23.7. The summed E-state index contributed by atoms with van der Waals surface area (Å²) in [4.78, 5) is 14.9. The Kier molecular flexibility index (Phi) is 9.50. The number of nitrogens with zero attached hydrogens (tertiary/aromatic N) is 2. The highest BCUT2D eigenvalue weighted by molar-refractivity contribution is 7.92. The highest BCUT2D eigenvalue weighted by atomic mass is 35.5. The third kappa shape index (κ3) is 7.52. The van der Waals surface area contributed by atoms with Crippen molar-refractivity contribution in [3.05, 3.63) is 125 Å². The van der Waals surface area contributed by atoms with Gasteiger partial charge in [-0.25, -0.2) is 8.42 Å². The van der Waals surface area contributed by atoms with Gasteiger partial charge in [-0.3, -0.25) is 9.10 Å². The number of ether oxygens (including phenoxy) is 1. The highest BCUT2D eigenvalue weighted by Gasteiger charge is 2.26. The molecule has 0 N–H and O–H groups in total. The molecule has 0 radical (unpaired) electrons. The van der Waals surface area contributed by atoms with Crippen molar-refractivity contribution in [3.8, 4) is 5.75 Å². The van der Waals surface area contributed by atoms with Crippen molar-refractivity contribution in [2.45, 2.75) is 37.6 Å². The largest absolute Gasteiger partial charge is 0.484 e. The monoisotopic (exact) mass is 602 g/mol. The molecule has 1 aliphatic heterocycles. The van der Waals surface area contributed by atoms with Crippen LogP contribution in [-0.2, 0) is 27.8 Å². The molecule has 218 valence electrons. The molecule has 1 fully saturated rings. The predicted molar refractivity (Wildman–Crippen MR) is 167 cm³/mol. The van der Waals surface area contributed by atoms with E-state index in [2.05, 4.69) is 24.3 Å². The highest BCUT2D eigenvalue weighted by Crippen LogP contribution is 2.29. The number of piperidine rings is 1. The Morgan fingerprint density at radius 1 is 0.857 bits per heavy atom. The van der Waals surface area contributed by atoms with Crippen LogP contribution in [0.25, 0.3) is 0 Å². The topological polar surface area (TPSA) is 66.9 Å². The third-order valence-electron chi connectivity index (χ3n) is 7.67. The van der Waals surface area contributed by atoms with Gasteiger partial charge in [-0.2, -0.15) is 0 Å². The number of anilines is 1. The summed E-state index contributed by atoms with van der Waals surface area (Å²) in [5.74, 6) is 1.05. The quantitative estimate of drug-likeness (QED) is 0.198. The van der Waals surface area contributed by atoms with Gasteiger partial charge in [0.2, 0.25) is 0 Å². The van der Waals surface area contributed by atoms with Gasteiger partial charge >= 0.3 is 0 Å². The Bertz CT molecular complexity index is 1570. The van der Waals surface area contributed by atoms with Crippen molar-refractivity contribution >= 4 is 33.2 Å². The zero-order chi connectivity index (χ0) is 29.5. The van der Waals surface area contributed by atoms with Crippen LogP contribution in [0.15, 0.2) is 108 Å². The maximum Gasteiger partial charge on any atom is 0.264 e. The van der Waals surface area contributed by atoms with Gasteiger partial charge in [0, 0.05) is 18.1 Å². The lowest BCUT2D eigenvalue weighted by molar-refractivity contribution is -0.134. The Balaban J connectivity index is 1.22. The fraction of sp³-hybridized carbons (Fsp3) is 0.265. The van der Waals surface area contributed by atoms with Crippen molar-refractivity contribution in [1.82, 2.24) is 4.90 Å². The first-order valence-corrected chi connectivity index (χ1v) is 16.0. The summed E-state index contributed by atoms with van der Waals surface area (Å²) in [6.07, 6.45) is 3.00. The average molecular weight is 603 g/mol. The van der Waals surface area contributed by atoms with Crippen LogP contribution in [0.1, 0.15) is 29.5 Å². The lowest BCUT2D eigenvalue weighted by Crippen LogP contribution is -2.41. The number of carbonyl (C=O) groups excluding carboxylic acids is 1. The molecule has 0 aliphatic carbocycles. The molecular weight excluding hydrogens is 568 g/mol. The van der Waals surface area contributed by atoms with E-state index in [1.165, 1.54) is 9.87 Å². The van der Waals surface area contributed by atoms with Gasteiger partial charge in [-0.05, 0) is 91.8 Å². The number of carbonyl (C=O) groups is 1. The fourth-order valence-electron chi connectivity index (χ4n) is 5.19. The van der Waals surface area contributed by atoms with Crippen LogP contribution in [0, 0.1) is 12.8 Å². The predicted octanol–water partition coefficient (Wildman–Crippen LogP) is 6.90. The number of sulfonamides is 1. The van der Waals surface area contributed by atoms with E-state index in [9.17, 15) is 13.2 Å². The van der Waals surface area contributed by atoms with Crippen LogP contribution < -0.4 is 9.04 Å². The van der Waals surface area contributed by atoms with Gasteiger partial charge in [0.25, 0.3) is 15.9 Å². The molecule has 1 aliphatic rings. The van der Waals surface area contributed by atoms with Gasteiger partial charge in [0.15, 0.2) is 6.61 Å². The summed E-state index contributed by atoms with van der Waals surface area (Å²) in [5.41, 5.74) is 3.61. The van der Waals surface area contributed by atoms with Gasteiger partial charge in [-0.1, -0.05) is 71.8 Å². The van der Waals surface area contributed by atoms with Crippen LogP contribution in [0.4, 0.5) is 5.69 Å². The molecule has 1 amide bonds. The first-order valence-electron chi connectivity index (χ1n) is 14.2. The van der Waals surface area contributed by atoms with E-state index in [-0.39, 0.29) is 24.0 Å². The molecule has 4 aromatic carbocycles. The summed E-state index contributed by atoms with van der Waals surface area (Å²) < 4.78 is 34.7. The van der Waals surface area contributed by atoms with E-state index in [0.29, 0.717) is 22.4 Å². The van der Waals surface area contributed by atoms with Gasteiger partial charge in [0.1, 0.15) is 5.75 Å². The summed E-state index contributed by atoms with van der Waals surface area (Å²) in [7, 11) is -3.86. The molecular formula is C34H35ClN2O4S. The number of hydrogen-bond donors (Lipinski definition) is 0. The second kappa shape index (κ2) is 13.4. The first kappa shape index (κ1) is 29.7. The Hall–Kier alpha value is -3.81. The molecule has 0 unspecified atom stereocenters. The van der Waals surface area contributed by atoms with Crippen molar-refractivity contribution < 1.29 is 17.9 Å². The van der Waals surface area contributed by atoms with Gasteiger partial charge in [-0.15, -0.1) is 0 Å². The number of rotatable bonds is 10. The minimum Gasteiger partial charge on any atom is -0.484 e. The Labute approximate surface area is 253 Å². The molecule has 0 saturated carbocycles. The van der Waals surface area contributed by atoms with Crippen LogP contribution >= 0.6 is 11.6 Å². The van der Waals surface area contributed by atoms with Crippen LogP contribution in [0.2, 0.25) is 5.02 Å². The molecule has 0 aromatic heterocycles. The van der Waals surface area contributed by atoms with E-state index in [4.69, 9.17) is 16.3 Å². The molecule has 5 rings (SSSR count). The number of likely N-dealkylation sites (tertiary alicyclic amines) is 1. The van der Waals surface area contributed by atoms with Crippen molar-refractivity contribution in [3.63, 3.8) is 0 Å². The lowest BCUT2D eigenvalue weighted by atomic mass is 9.90. The standard InChI is InChI=1S/C34H35ClN2O4S/c1-26-7-17-33(18-8-26)42(39,40)37(24-29-9-11-30(35)12-10-29)31-13-15-32(16-14-31)41-25-34(38)36-21-19-28(20-22-36)23-27-5-3-2-4-6-27/h2-18,28H,19-25H2,1H3. The molecule has 0 atom stereocenters. The van der Waals surface area contributed by atoms with Crippen molar-refractivity contribution in [1.29, 1.82) is 0 Å². The van der Waals surface area contributed by atoms with Crippen LogP contribution in [0.3, 0.4) is 0 Å². The van der Waals surface area contributed by atoms with Crippen LogP contribution in [0.5, 0.6) is 5.75 Å². The maximum absolute atomic E-state index is 13.7. The number of aryl methyl sites for hydroxylation is 1. The Morgan fingerprint density at radius 3 is 2.14 bits per heavy atom. The van der Waals surface area contributed by atoms with E-state index >= 15 is 0 Å². The molecule has 0 spiro atoms. The maximum atomic E-state index is 13.7. The van der Waals surface area contributed by atoms with E-state index < -0.39 is 10.0 Å². The first-order chi connectivity index (χ1) is 20.3. The zero-order valence-corrected chi connectivity index (χ0v) is 25.2. The Morgan fingerprint density at radius 2 is 1.50 bits per heavy atom. The summed E-state index contributed by atoms with van der Waals surface area (Å²) in [5, 5.41) is 0.583. The number of halogens is 1. The van der Waals surface area contributed by atoms with Crippen LogP contribution in [-0.4, -0.2) is 38.9 Å². The molecule has 8 heteroatoms. The van der Waals surface area contributed by atoms with Crippen molar-refractivity contribution in [2.24, 2.45) is 5.92 Å². The second-order valence-corrected chi connectivity index (χ2v) is 13.0. The van der Waals surface area contributed by atoms with Gasteiger partial charge in [0.05, 0.1) is 17.1 Å². The van der Waals surface area contributed by atoms with E-state index in [1.807, 2.05) is 30.0 Å². The SMILES string of the molecule is Cc1ccc(S(=O)(=O)N(Cc2ccc(Cl)cc2)c2ccc(OCC(=O)N3CCC(Cc4ccccc4)CC3)cc2)cc1. The summed E-state index contributed by atoms with van der Waals surface area (Å²) in [6.45, 7) is 3.45. The molecule has 0 bridgehead atoms.